The molecule has 12 nitrogen and oxygen atoms in total. The first-order valence-electron chi connectivity index (χ1n) is 14.2. The Balaban J connectivity index is -0.000000610. The van der Waals surface area contributed by atoms with Gasteiger partial charge in [0.15, 0.2) is 0 Å². The molecule has 5 N–H and O–H groups in total. The number of aliphatic hydroxyl groups is 2. The number of H-pyrrole nitrogens is 1. The van der Waals surface area contributed by atoms with Gasteiger partial charge in [-0.3, -0.25) is 13.9 Å². The Bertz CT molecular complexity index is 1460. The predicted octanol–water partition coefficient (Wildman–Crippen LogP) is 6.91. The molecule has 0 bridgehead atoms. The van der Waals surface area contributed by atoms with Crippen LogP contribution in [0.4, 0.5) is 26.3 Å². The van der Waals surface area contributed by atoms with E-state index in [1.165, 1.54) is 19.4 Å². The van der Waals surface area contributed by atoms with Gasteiger partial charge < -0.3 is 24.7 Å². The Hall–Kier alpha value is -3.00. The largest absolute Gasteiger partial charge is 0.502 e. The quantitative estimate of drug-likeness (QED) is 0.0681. The van der Waals surface area contributed by atoms with Crippen molar-refractivity contribution in [3.05, 3.63) is 58.3 Å². The first-order chi connectivity index (χ1) is 23.0. The fourth-order valence-corrected chi connectivity index (χ4v) is 4.68. The Morgan fingerprint density at radius 1 is 1.00 bits per heavy atom. The van der Waals surface area contributed by atoms with Gasteiger partial charge in [0.1, 0.15) is 0 Å². The zero-order valence-corrected chi connectivity index (χ0v) is 30.7. The van der Waals surface area contributed by atoms with E-state index in [0.29, 0.717) is 18.1 Å². The third-order valence-corrected chi connectivity index (χ3v) is 7.83. The number of nitrogens with one attached hydrogen (secondary N) is 1. The van der Waals surface area contributed by atoms with Gasteiger partial charge in [-0.25, -0.2) is 4.98 Å². The second kappa shape index (κ2) is 25.9. The van der Waals surface area contributed by atoms with Crippen LogP contribution in [0.15, 0.2) is 51.5 Å². The van der Waals surface area contributed by atoms with Gasteiger partial charge in [0.25, 0.3) is 5.56 Å². The predicted molar refractivity (Wildman–Crippen MR) is 178 cm³/mol. The number of rotatable bonds is 11. The van der Waals surface area contributed by atoms with E-state index in [9.17, 15) is 36.2 Å². The van der Waals surface area contributed by atoms with Crippen molar-refractivity contribution in [1.82, 2.24) is 9.97 Å². The molecule has 0 fully saturated rings. The molecule has 21 heteroatoms. The van der Waals surface area contributed by atoms with Crippen LogP contribution in [-0.4, -0.2) is 75.6 Å². The molecule has 0 amide bonds. The lowest BCUT2D eigenvalue weighted by atomic mass is 9.92. The Labute approximate surface area is 295 Å². The highest BCUT2D eigenvalue weighted by molar-refractivity contribution is 7.99. The summed E-state index contributed by atoms with van der Waals surface area (Å²) in [5.74, 6) is 0.698. The molecule has 0 saturated heterocycles. The fourth-order valence-electron chi connectivity index (χ4n) is 2.73. The molecule has 2 aromatic heterocycles. The first kappa shape index (κ1) is 51.4. The molecule has 2 unspecified atom stereocenters. The van der Waals surface area contributed by atoms with E-state index in [4.69, 9.17) is 37.4 Å². The number of alkyl halides is 6. The number of pyridine rings is 2. The molecular weight excluding hydrogens is 745 g/mol. The average molecular weight is 788 g/mol. The van der Waals surface area contributed by atoms with E-state index in [-0.39, 0.29) is 15.7 Å². The minimum absolute atomic E-state index is 0.0354. The molecule has 2 rings (SSSR count). The van der Waals surface area contributed by atoms with Crippen molar-refractivity contribution >= 4 is 33.9 Å². The van der Waals surface area contributed by atoms with Crippen molar-refractivity contribution in [3.8, 4) is 11.9 Å². The monoisotopic (exact) mass is 787 g/mol. The molecule has 0 aromatic carbocycles. The van der Waals surface area contributed by atoms with Crippen molar-refractivity contribution in [2.45, 2.75) is 75.2 Å². The fraction of sp³-hybridized carbons (Fsp3) is 0.552. The van der Waals surface area contributed by atoms with Crippen LogP contribution in [0.3, 0.4) is 0 Å². The number of aromatic nitrogens is 2. The number of ether oxygens (including phenoxy) is 2. The molecule has 2 atom stereocenters. The average Bonchev–Trinajstić information content (AvgIpc) is 3.02. The summed E-state index contributed by atoms with van der Waals surface area (Å²) in [4.78, 5) is 17.1. The lowest BCUT2D eigenvalue weighted by molar-refractivity contribution is -0.140. The van der Waals surface area contributed by atoms with Gasteiger partial charge in [-0.2, -0.15) is 40.0 Å². The molecule has 0 aliphatic rings. The van der Waals surface area contributed by atoms with E-state index >= 15 is 0 Å². The Morgan fingerprint density at radius 3 is 1.86 bits per heavy atom. The highest BCUT2D eigenvalue weighted by Gasteiger charge is 2.36. The number of nitriles is 1. The summed E-state index contributed by atoms with van der Waals surface area (Å²) < 4.78 is 117. The Morgan fingerprint density at radius 2 is 1.46 bits per heavy atom. The van der Waals surface area contributed by atoms with Gasteiger partial charge in [-0.15, -0.1) is 23.5 Å². The number of aliphatic hydroxyl groups excluding tert-OH is 1. The van der Waals surface area contributed by atoms with Crippen LogP contribution in [0.1, 0.15) is 58.6 Å². The zero-order valence-electron chi connectivity index (χ0n) is 28.3. The third kappa shape index (κ3) is 23.4. The van der Waals surface area contributed by atoms with Gasteiger partial charge >= 0.3 is 22.8 Å². The van der Waals surface area contributed by atoms with Crippen LogP contribution < -0.4 is 10.3 Å². The summed E-state index contributed by atoms with van der Waals surface area (Å²) in [7, 11) is -2.35. The van der Waals surface area contributed by atoms with Gasteiger partial charge in [0.05, 0.1) is 58.5 Å². The Kier molecular flexibility index (Phi) is 26.6. The lowest BCUT2D eigenvalue weighted by Crippen LogP contribution is -2.29. The summed E-state index contributed by atoms with van der Waals surface area (Å²) >= 11 is 2.05. The molecule has 0 saturated carbocycles. The normalized spacial score (nSPS) is 12.9. The minimum Gasteiger partial charge on any atom is -0.502 e. The first-order valence-corrected chi connectivity index (χ1v) is 17.6. The highest BCUT2D eigenvalue weighted by Crippen LogP contribution is 2.40. The zero-order chi connectivity index (χ0) is 39.8. The second-order valence-corrected chi connectivity index (χ2v) is 12.3. The number of hydrogen-bond donors (Lipinski definition) is 5. The van der Waals surface area contributed by atoms with Crippen LogP contribution in [0.2, 0.25) is 0 Å². The van der Waals surface area contributed by atoms with Crippen molar-refractivity contribution in [2.24, 2.45) is 5.92 Å². The van der Waals surface area contributed by atoms with Crippen molar-refractivity contribution in [3.63, 3.8) is 0 Å². The number of methoxy groups -OCH3 is 1. The van der Waals surface area contributed by atoms with Crippen LogP contribution in [0.25, 0.3) is 0 Å². The summed E-state index contributed by atoms with van der Waals surface area (Å²) in [5.41, 5.74) is -3.32. The molecule has 50 heavy (non-hydrogen) atoms. The molecule has 0 aliphatic carbocycles. The van der Waals surface area contributed by atoms with E-state index in [1.54, 1.807) is 13.8 Å². The van der Waals surface area contributed by atoms with Crippen molar-refractivity contribution in [2.75, 3.05) is 32.3 Å². The van der Waals surface area contributed by atoms with Crippen molar-refractivity contribution in [1.29, 1.82) is 5.26 Å². The van der Waals surface area contributed by atoms with Crippen molar-refractivity contribution < 1.29 is 63.6 Å². The summed E-state index contributed by atoms with van der Waals surface area (Å²) in [6, 6.07) is 3.84. The maximum absolute atomic E-state index is 12.7. The van der Waals surface area contributed by atoms with E-state index in [0.717, 1.165) is 68.0 Å². The summed E-state index contributed by atoms with van der Waals surface area (Å²) in [6.45, 7) is 9.41. The maximum Gasteiger partial charge on any atom is 0.417 e. The molecule has 0 radical (unpaired) electrons. The number of halogens is 6. The topological polar surface area (TPSA) is 203 Å². The smallest absolute Gasteiger partial charge is 0.417 e. The van der Waals surface area contributed by atoms with Crippen LogP contribution in [0, 0.1) is 17.2 Å². The summed E-state index contributed by atoms with van der Waals surface area (Å²) in [6.07, 6.45) is -2.29. The molecule has 2 aromatic rings. The van der Waals surface area contributed by atoms with Gasteiger partial charge in [0.2, 0.25) is 5.88 Å². The van der Waals surface area contributed by atoms with Crippen LogP contribution in [-0.2, 0) is 27.5 Å². The second-order valence-electron chi connectivity index (χ2n) is 9.22. The molecule has 2 heterocycles. The van der Waals surface area contributed by atoms with E-state index in [2.05, 4.69) is 9.97 Å². The minimum atomic E-state index is -4.67. The number of hydrogen-bond acceptors (Lipinski definition) is 11. The number of aromatic amines is 1. The van der Waals surface area contributed by atoms with Gasteiger partial charge in [-0.1, -0.05) is 13.8 Å². The van der Waals surface area contributed by atoms with E-state index in [1.807, 2.05) is 26.8 Å². The highest BCUT2D eigenvalue weighted by atomic mass is 32.3. The molecule has 288 valence electrons. The standard InChI is InChI=1S/C10H12F3NOS.C9H10F3NOS.C9H15NO2.CH4O.H2O4S/c1-3-6-16-8-7(10(11,12)13)4-5-14-9(8)15-2;1-2-5-15-7-6(9(10,11)12)3-4-13-8(7)14;1-4-12-6-5-9(3,11)8(2)7-10;1-2;1-5(2,3)4/h4-5H,3,6H2,1-2H3;3-4H,2,5H2,1H3,(H,13,14);5-6,8,11H,4H2,1-3H3;2H,1H3;(H2,1,2,3,4)/b;;6-5+;;. The van der Waals surface area contributed by atoms with Crippen LogP contribution in [0.5, 0.6) is 5.88 Å². The third-order valence-electron chi connectivity index (χ3n) is 5.23. The molecule has 0 aliphatic heterocycles. The molecular formula is C29H43F6N3O9S3. The van der Waals surface area contributed by atoms with Crippen LogP contribution >= 0.6 is 23.5 Å². The lowest BCUT2D eigenvalue weighted by Gasteiger charge is -2.20. The molecule has 0 spiro atoms. The summed E-state index contributed by atoms with van der Waals surface area (Å²) in [5, 5.41) is 25.2. The number of nitrogens with zero attached hydrogens (tertiary/aromatic N) is 2. The number of thioether (sulfide) groups is 2. The maximum atomic E-state index is 12.7. The SMILES string of the molecule is CCCSc1c(C(F)(F)F)cc[nH]c1=O.CCCSc1c(C(F)(F)F)ccnc1OC.CCO/C=C/C(C)(O)C(C)C#N.CO.O=S(=O)(O)O. The van der Waals surface area contributed by atoms with Gasteiger partial charge in [-0.05, 0) is 63.3 Å². The van der Waals surface area contributed by atoms with Gasteiger partial charge in [0, 0.05) is 19.5 Å². The van der Waals surface area contributed by atoms with E-state index < -0.39 is 51.0 Å².